The average Bonchev–Trinajstić information content (AvgIpc) is 2.47. The standard InChI is InChI=1S/C14H19N3O2/c18-13(17-12-6-2-1-3-7-12)10-16-14(19)11-5-4-8-15-9-11/h4-5,8-9,12H,1-3,6-7,10H2,(H,16,19)(H,17,18). The molecule has 1 aliphatic rings. The molecule has 0 aliphatic heterocycles. The molecule has 0 saturated heterocycles. The number of aromatic nitrogens is 1. The van der Waals surface area contributed by atoms with Crippen molar-refractivity contribution in [1.29, 1.82) is 0 Å². The largest absolute Gasteiger partial charge is 0.352 e. The first-order valence-corrected chi connectivity index (χ1v) is 6.73. The lowest BCUT2D eigenvalue weighted by molar-refractivity contribution is -0.121. The molecule has 0 bridgehead atoms. The zero-order valence-electron chi connectivity index (χ0n) is 10.9. The molecule has 5 nitrogen and oxygen atoms in total. The van der Waals surface area contributed by atoms with E-state index in [1.165, 1.54) is 25.5 Å². The fourth-order valence-electron chi connectivity index (χ4n) is 2.29. The van der Waals surface area contributed by atoms with Crippen molar-refractivity contribution in [2.75, 3.05) is 6.54 Å². The lowest BCUT2D eigenvalue weighted by Gasteiger charge is -2.22. The normalized spacial score (nSPS) is 15.8. The predicted octanol–water partition coefficient (Wildman–Crippen LogP) is 1.26. The first kappa shape index (κ1) is 13.5. The summed E-state index contributed by atoms with van der Waals surface area (Å²) in [5.41, 5.74) is 0.466. The van der Waals surface area contributed by atoms with Gasteiger partial charge in [0.1, 0.15) is 0 Å². The van der Waals surface area contributed by atoms with E-state index in [1.807, 2.05) is 0 Å². The molecule has 1 fully saturated rings. The quantitative estimate of drug-likeness (QED) is 0.857. The second-order valence-electron chi connectivity index (χ2n) is 4.83. The van der Waals surface area contributed by atoms with Crippen molar-refractivity contribution in [3.05, 3.63) is 30.1 Å². The maximum atomic E-state index is 11.7. The SMILES string of the molecule is O=C(CNC(=O)c1cccnc1)NC1CCCCC1. The number of rotatable bonds is 4. The summed E-state index contributed by atoms with van der Waals surface area (Å²) >= 11 is 0. The number of carbonyl (C=O) groups is 2. The Bertz CT molecular complexity index is 428. The number of nitrogens with zero attached hydrogens (tertiary/aromatic N) is 1. The van der Waals surface area contributed by atoms with Gasteiger partial charge in [-0.1, -0.05) is 19.3 Å². The summed E-state index contributed by atoms with van der Waals surface area (Å²) in [4.78, 5) is 27.3. The second kappa shape index (κ2) is 6.87. The number of pyridine rings is 1. The Labute approximate surface area is 112 Å². The summed E-state index contributed by atoms with van der Waals surface area (Å²) < 4.78 is 0. The molecular weight excluding hydrogens is 242 g/mol. The van der Waals surface area contributed by atoms with Crippen LogP contribution in [-0.2, 0) is 4.79 Å². The van der Waals surface area contributed by atoms with Gasteiger partial charge in [0, 0.05) is 18.4 Å². The van der Waals surface area contributed by atoms with Crippen molar-refractivity contribution in [3.8, 4) is 0 Å². The van der Waals surface area contributed by atoms with Gasteiger partial charge in [-0.05, 0) is 25.0 Å². The van der Waals surface area contributed by atoms with Gasteiger partial charge in [0.2, 0.25) is 5.91 Å². The summed E-state index contributed by atoms with van der Waals surface area (Å²) in [7, 11) is 0. The molecular formula is C14H19N3O2. The third kappa shape index (κ3) is 4.35. The topological polar surface area (TPSA) is 71.1 Å². The van der Waals surface area contributed by atoms with Crippen LogP contribution in [0.25, 0.3) is 0 Å². The molecule has 0 unspecified atom stereocenters. The lowest BCUT2D eigenvalue weighted by Crippen LogP contribution is -2.42. The van der Waals surface area contributed by atoms with Crippen LogP contribution >= 0.6 is 0 Å². The van der Waals surface area contributed by atoms with Gasteiger partial charge < -0.3 is 10.6 Å². The summed E-state index contributed by atoms with van der Waals surface area (Å²) in [5, 5.41) is 5.55. The molecule has 1 aromatic rings. The van der Waals surface area contributed by atoms with Gasteiger partial charge in [-0.2, -0.15) is 0 Å². The third-order valence-electron chi connectivity index (χ3n) is 3.30. The van der Waals surface area contributed by atoms with E-state index in [2.05, 4.69) is 15.6 Å². The first-order valence-electron chi connectivity index (χ1n) is 6.73. The van der Waals surface area contributed by atoms with Crippen LogP contribution in [0, 0.1) is 0 Å². The first-order chi connectivity index (χ1) is 9.25. The van der Waals surface area contributed by atoms with Crippen LogP contribution < -0.4 is 10.6 Å². The van der Waals surface area contributed by atoms with Crippen molar-refractivity contribution in [1.82, 2.24) is 15.6 Å². The van der Waals surface area contributed by atoms with E-state index >= 15 is 0 Å². The number of carbonyl (C=O) groups excluding carboxylic acids is 2. The molecule has 2 amide bonds. The van der Waals surface area contributed by atoms with Crippen LogP contribution in [0.4, 0.5) is 0 Å². The Balaban J connectivity index is 1.72. The van der Waals surface area contributed by atoms with Gasteiger partial charge in [0.15, 0.2) is 0 Å². The molecule has 2 rings (SSSR count). The van der Waals surface area contributed by atoms with Gasteiger partial charge in [-0.25, -0.2) is 0 Å². The molecule has 1 saturated carbocycles. The smallest absolute Gasteiger partial charge is 0.253 e. The molecule has 0 atom stereocenters. The lowest BCUT2D eigenvalue weighted by atomic mass is 9.95. The molecule has 0 aromatic carbocycles. The fraction of sp³-hybridized carbons (Fsp3) is 0.500. The minimum Gasteiger partial charge on any atom is -0.352 e. The van der Waals surface area contributed by atoms with Crippen molar-refractivity contribution in [2.24, 2.45) is 0 Å². The van der Waals surface area contributed by atoms with Gasteiger partial charge in [0.25, 0.3) is 5.91 Å². The zero-order chi connectivity index (χ0) is 13.5. The van der Waals surface area contributed by atoms with Crippen molar-refractivity contribution < 1.29 is 9.59 Å². The molecule has 0 spiro atoms. The Kier molecular flexibility index (Phi) is 4.89. The van der Waals surface area contributed by atoms with Crippen LogP contribution in [0.1, 0.15) is 42.5 Å². The number of hydrogen-bond donors (Lipinski definition) is 2. The van der Waals surface area contributed by atoms with Crippen molar-refractivity contribution in [2.45, 2.75) is 38.1 Å². The Morgan fingerprint density at radius 1 is 1.26 bits per heavy atom. The molecule has 1 aromatic heterocycles. The van der Waals surface area contributed by atoms with E-state index in [0.29, 0.717) is 5.56 Å². The van der Waals surface area contributed by atoms with Gasteiger partial charge in [-0.3, -0.25) is 14.6 Å². The van der Waals surface area contributed by atoms with Gasteiger partial charge in [0.05, 0.1) is 12.1 Å². The zero-order valence-corrected chi connectivity index (χ0v) is 10.9. The molecule has 102 valence electrons. The summed E-state index contributed by atoms with van der Waals surface area (Å²) in [6, 6.07) is 3.63. The van der Waals surface area contributed by atoms with E-state index in [4.69, 9.17) is 0 Å². The van der Waals surface area contributed by atoms with E-state index in [9.17, 15) is 9.59 Å². The number of hydrogen-bond acceptors (Lipinski definition) is 3. The Morgan fingerprint density at radius 2 is 2.05 bits per heavy atom. The van der Waals surface area contributed by atoms with Crippen molar-refractivity contribution >= 4 is 11.8 Å². The summed E-state index contributed by atoms with van der Waals surface area (Å²) in [6.45, 7) is 0.0181. The number of amides is 2. The van der Waals surface area contributed by atoms with Gasteiger partial charge >= 0.3 is 0 Å². The molecule has 5 heteroatoms. The molecule has 0 radical (unpaired) electrons. The monoisotopic (exact) mass is 261 g/mol. The molecule has 19 heavy (non-hydrogen) atoms. The van der Waals surface area contributed by atoms with Crippen LogP contribution in [-0.4, -0.2) is 29.4 Å². The highest BCUT2D eigenvalue weighted by Crippen LogP contribution is 2.17. The van der Waals surface area contributed by atoms with E-state index in [0.717, 1.165) is 12.8 Å². The third-order valence-corrected chi connectivity index (χ3v) is 3.30. The average molecular weight is 261 g/mol. The predicted molar refractivity (Wildman–Crippen MR) is 71.6 cm³/mol. The Hall–Kier alpha value is -1.91. The summed E-state index contributed by atoms with van der Waals surface area (Å²) in [6.07, 6.45) is 8.77. The maximum Gasteiger partial charge on any atom is 0.253 e. The van der Waals surface area contributed by atoms with Crippen LogP contribution in [0.5, 0.6) is 0 Å². The van der Waals surface area contributed by atoms with Crippen LogP contribution in [0.15, 0.2) is 24.5 Å². The highest BCUT2D eigenvalue weighted by atomic mass is 16.2. The highest BCUT2D eigenvalue weighted by Gasteiger charge is 2.16. The summed E-state index contributed by atoms with van der Waals surface area (Å²) in [5.74, 6) is -0.393. The molecule has 1 aliphatic carbocycles. The maximum absolute atomic E-state index is 11.7. The highest BCUT2D eigenvalue weighted by molar-refractivity contribution is 5.96. The minimum atomic E-state index is -0.271. The van der Waals surface area contributed by atoms with E-state index < -0.39 is 0 Å². The van der Waals surface area contributed by atoms with Gasteiger partial charge in [-0.15, -0.1) is 0 Å². The van der Waals surface area contributed by atoms with Crippen LogP contribution in [0.3, 0.4) is 0 Å². The van der Waals surface area contributed by atoms with E-state index in [-0.39, 0.29) is 24.4 Å². The molecule has 2 N–H and O–H groups in total. The van der Waals surface area contributed by atoms with E-state index in [1.54, 1.807) is 18.3 Å². The van der Waals surface area contributed by atoms with Crippen molar-refractivity contribution in [3.63, 3.8) is 0 Å². The molecule has 1 heterocycles. The fourth-order valence-corrected chi connectivity index (χ4v) is 2.29. The second-order valence-corrected chi connectivity index (χ2v) is 4.83. The number of nitrogens with one attached hydrogen (secondary N) is 2. The Morgan fingerprint density at radius 3 is 2.74 bits per heavy atom. The minimum absolute atomic E-state index is 0.0181. The van der Waals surface area contributed by atoms with Crippen LogP contribution in [0.2, 0.25) is 0 Å².